The van der Waals surface area contributed by atoms with Crippen LogP contribution in [-0.2, 0) is 0 Å². The van der Waals surface area contributed by atoms with E-state index in [0.717, 1.165) is 11.8 Å². The monoisotopic (exact) mass is 404 g/mol. The Morgan fingerprint density at radius 1 is 1.20 bits per heavy atom. The summed E-state index contributed by atoms with van der Waals surface area (Å²) in [6, 6.07) is 12.1. The molecule has 1 amide bonds. The number of benzene rings is 1. The number of nitriles is 1. The van der Waals surface area contributed by atoms with Crippen molar-refractivity contribution in [3.63, 3.8) is 0 Å². The molecule has 0 saturated heterocycles. The summed E-state index contributed by atoms with van der Waals surface area (Å²) in [5.74, 6) is -1.07. The standard InChI is InChI=1S/C21H20N6O3/c1-13(2)25-12-16(27-19(21(25)30)20(29)17(28)11-23-27)18(14-6-4-3-5-7-14)26-9-8-15(10-22)24-26/h3-9,11,13,16,18,29H,12H2,1-2H3/t16-,18+/m0/s1. The molecule has 1 aromatic carbocycles. The maximum atomic E-state index is 13.0. The van der Waals surface area contributed by atoms with Crippen molar-refractivity contribution in [3.05, 3.63) is 76.0 Å². The lowest BCUT2D eigenvalue weighted by Gasteiger charge is -2.40. The number of nitrogens with zero attached hydrogens (tertiary/aromatic N) is 6. The van der Waals surface area contributed by atoms with E-state index in [0.29, 0.717) is 6.54 Å². The number of carbonyl (C=O) groups is 1. The first kappa shape index (κ1) is 19.4. The second-order valence-corrected chi connectivity index (χ2v) is 7.42. The minimum atomic E-state index is -0.707. The van der Waals surface area contributed by atoms with Crippen molar-refractivity contribution in [2.75, 3.05) is 6.54 Å². The fourth-order valence-corrected chi connectivity index (χ4v) is 3.84. The molecule has 2 aromatic heterocycles. The summed E-state index contributed by atoms with van der Waals surface area (Å²) in [6.07, 6.45) is 2.71. The molecule has 0 fully saturated rings. The van der Waals surface area contributed by atoms with Crippen LogP contribution in [0.3, 0.4) is 0 Å². The number of hydrogen-bond donors (Lipinski definition) is 1. The molecule has 0 aliphatic carbocycles. The third kappa shape index (κ3) is 3.12. The fraction of sp³-hybridized carbons (Fsp3) is 0.286. The van der Waals surface area contributed by atoms with E-state index in [9.17, 15) is 20.0 Å². The van der Waals surface area contributed by atoms with E-state index in [1.807, 2.05) is 50.2 Å². The highest BCUT2D eigenvalue weighted by Crippen LogP contribution is 2.36. The van der Waals surface area contributed by atoms with Crippen molar-refractivity contribution in [2.24, 2.45) is 0 Å². The molecule has 3 heterocycles. The van der Waals surface area contributed by atoms with Crippen LogP contribution in [-0.4, -0.2) is 48.1 Å². The van der Waals surface area contributed by atoms with Crippen LogP contribution in [0.1, 0.15) is 47.7 Å². The van der Waals surface area contributed by atoms with E-state index in [1.54, 1.807) is 21.8 Å². The number of hydrogen-bond acceptors (Lipinski definition) is 6. The number of aromatic hydroxyl groups is 1. The highest BCUT2D eigenvalue weighted by Gasteiger charge is 2.40. The summed E-state index contributed by atoms with van der Waals surface area (Å²) in [7, 11) is 0. The van der Waals surface area contributed by atoms with E-state index in [-0.39, 0.29) is 17.4 Å². The Kier molecular flexibility index (Phi) is 4.83. The molecule has 3 aromatic rings. The van der Waals surface area contributed by atoms with Gasteiger partial charge < -0.3 is 10.0 Å². The molecule has 0 bridgehead atoms. The highest BCUT2D eigenvalue weighted by molar-refractivity contribution is 5.95. The molecular weight excluding hydrogens is 384 g/mol. The van der Waals surface area contributed by atoms with Gasteiger partial charge in [0.1, 0.15) is 12.1 Å². The van der Waals surface area contributed by atoms with Gasteiger partial charge in [0.25, 0.3) is 5.91 Å². The third-order valence-electron chi connectivity index (χ3n) is 5.28. The van der Waals surface area contributed by atoms with Crippen LogP contribution in [0.25, 0.3) is 0 Å². The van der Waals surface area contributed by atoms with Gasteiger partial charge in [0, 0.05) is 18.8 Å². The van der Waals surface area contributed by atoms with E-state index in [2.05, 4.69) is 10.2 Å². The van der Waals surface area contributed by atoms with E-state index < -0.39 is 29.2 Å². The maximum absolute atomic E-state index is 13.0. The molecule has 4 rings (SSSR count). The van der Waals surface area contributed by atoms with E-state index in [4.69, 9.17) is 0 Å². The van der Waals surface area contributed by atoms with Crippen LogP contribution in [0.2, 0.25) is 0 Å². The van der Waals surface area contributed by atoms with E-state index in [1.165, 1.54) is 4.68 Å². The summed E-state index contributed by atoms with van der Waals surface area (Å²) in [5.41, 5.74) is 0.306. The molecule has 0 unspecified atom stereocenters. The minimum absolute atomic E-state index is 0.138. The van der Waals surface area contributed by atoms with Crippen LogP contribution in [0.15, 0.2) is 53.6 Å². The molecule has 9 nitrogen and oxygen atoms in total. The van der Waals surface area contributed by atoms with Crippen LogP contribution in [0, 0.1) is 11.3 Å². The number of rotatable bonds is 4. The molecule has 1 aliphatic rings. The summed E-state index contributed by atoms with van der Waals surface area (Å²) in [4.78, 5) is 26.6. The van der Waals surface area contributed by atoms with E-state index >= 15 is 0 Å². The summed E-state index contributed by atoms with van der Waals surface area (Å²) in [5, 5.41) is 28.2. The molecule has 0 spiro atoms. The molecule has 2 atom stereocenters. The number of aromatic nitrogens is 4. The first-order valence-corrected chi connectivity index (χ1v) is 9.54. The molecule has 1 N–H and O–H groups in total. The zero-order chi connectivity index (χ0) is 21.4. The van der Waals surface area contributed by atoms with Crippen molar-refractivity contribution in [1.82, 2.24) is 24.5 Å². The molecular formula is C21H20N6O3. The first-order chi connectivity index (χ1) is 14.4. The number of fused-ring (bicyclic) bond motifs is 1. The maximum Gasteiger partial charge on any atom is 0.276 e. The van der Waals surface area contributed by atoms with Crippen LogP contribution in [0.5, 0.6) is 5.75 Å². The largest absolute Gasteiger partial charge is 0.502 e. The van der Waals surface area contributed by atoms with Crippen molar-refractivity contribution >= 4 is 5.91 Å². The van der Waals surface area contributed by atoms with Crippen LogP contribution < -0.4 is 5.43 Å². The lowest BCUT2D eigenvalue weighted by Crippen LogP contribution is -2.50. The van der Waals surface area contributed by atoms with Gasteiger partial charge in [-0.25, -0.2) is 4.68 Å². The normalized spacial score (nSPS) is 16.9. The lowest BCUT2D eigenvalue weighted by atomic mass is 9.96. The molecule has 30 heavy (non-hydrogen) atoms. The molecule has 1 aliphatic heterocycles. The van der Waals surface area contributed by atoms with Gasteiger partial charge in [-0.1, -0.05) is 30.3 Å². The Morgan fingerprint density at radius 3 is 2.57 bits per heavy atom. The minimum Gasteiger partial charge on any atom is -0.502 e. The van der Waals surface area contributed by atoms with Crippen molar-refractivity contribution in [2.45, 2.75) is 32.0 Å². The first-order valence-electron chi connectivity index (χ1n) is 9.54. The highest BCUT2D eigenvalue weighted by atomic mass is 16.3. The average molecular weight is 404 g/mol. The summed E-state index contributed by atoms with van der Waals surface area (Å²) in [6.45, 7) is 4.03. The average Bonchev–Trinajstić information content (AvgIpc) is 3.21. The van der Waals surface area contributed by atoms with Gasteiger partial charge in [-0.2, -0.15) is 15.5 Å². The predicted octanol–water partition coefficient (Wildman–Crippen LogP) is 1.71. The fourth-order valence-electron chi connectivity index (χ4n) is 3.84. The second kappa shape index (κ2) is 7.48. The van der Waals surface area contributed by atoms with Crippen molar-refractivity contribution in [1.29, 1.82) is 5.26 Å². The van der Waals surface area contributed by atoms with Crippen molar-refractivity contribution < 1.29 is 9.90 Å². The Labute approximate surface area is 172 Å². The SMILES string of the molecule is CC(C)N1C[C@@H]([C@@H](c2ccccc2)n2ccc(C#N)n2)n2ncc(=O)c(O)c2C1=O. The third-order valence-corrected chi connectivity index (χ3v) is 5.28. The van der Waals surface area contributed by atoms with Gasteiger partial charge in [-0.15, -0.1) is 0 Å². The quantitative estimate of drug-likeness (QED) is 0.707. The van der Waals surface area contributed by atoms with Crippen molar-refractivity contribution in [3.8, 4) is 11.8 Å². The van der Waals surface area contributed by atoms with Gasteiger partial charge in [0.2, 0.25) is 5.43 Å². The zero-order valence-electron chi connectivity index (χ0n) is 16.5. The summed E-state index contributed by atoms with van der Waals surface area (Å²) >= 11 is 0. The lowest BCUT2D eigenvalue weighted by molar-refractivity contribution is 0.0547. The predicted molar refractivity (Wildman–Crippen MR) is 107 cm³/mol. The van der Waals surface area contributed by atoms with Gasteiger partial charge in [0.05, 0.1) is 12.2 Å². The molecule has 152 valence electrons. The van der Waals surface area contributed by atoms with Crippen LogP contribution >= 0.6 is 0 Å². The van der Waals surface area contributed by atoms with Gasteiger partial charge in [0.15, 0.2) is 17.1 Å². The zero-order valence-corrected chi connectivity index (χ0v) is 16.5. The number of amides is 1. The summed E-state index contributed by atoms with van der Waals surface area (Å²) < 4.78 is 3.07. The van der Waals surface area contributed by atoms with Gasteiger partial charge >= 0.3 is 0 Å². The Morgan fingerprint density at radius 2 is 1.93 bits per heavy atom. The Balaban J connectivity index is 1.95. The molecule has 9 heteroatoms. The Hall–Kier alpha value is -3.93. The molecule has 0 saturated carbocycles. The smallest absolute Gasteiger partial charge is 0.276 e. The van der Waals surface area contributed by atoms with Gasteiger partial charge in [-0.05, 0) is 25.5 Å². The molecule has 0 radical (unpaired) electrons. The second-order valence-electron chi connectivity index (χ2n) is 7.42. The van der Waals surface area contributed by atoms with Gasteiger partial charge in [-0.3, -0.25) is 14.3 Å². The number of carbonyl (C=O) groups excluding carboxylic acids is 1. The Bertz CT molecular complexity index is 1190. The topological polar surface area (TPSA) is 117 Å². The van der Waals surface area contributed by atoms with Crippen LogP contribution in [0.4, 0.5) is 0 Å².